The zero-order chi connectivity index (χ0) is 13.8. The molecule has 0 spiro atoms. The maximum absolute atomic E-state index is 12.6. The SMILES string of the molecule is N[C@@H](CCF)c1cccc(OC(F)(F)C(F)F)c1. The molecule has 0 amide bonds. The maximum atomic E-state index is 12.6. The molecule has 0 saturated heterocycles. The summed E-state index contributed by atoms with van der Waals surface area (Å²) in [7, 11) is 0. The third-order valence-corrected chi connectivity index (χ3v) is 2.21. The highest BCUT2D eigenvalue weighted by Crippen LogP contribution is 2.29. The summed E-state index contributed by atoms with van der Waals surface area (Å²) in [6, 6.07) is 4.30. The number of rotatable bonds is 6. The van der Waals surface area contributed by atoms with Gasteiger partial charge < -0.3 is 10.5 Å². The number of alkyl halides is 5. The summed E-state index contributed by atoms with van der Waals surface area (Å²) in [5.41, 5.74) is 5.91. The highest BCUT2D eigenvalue weighted by atomic mass is 19.3. The second-order valence-electron chi connectivity index (χ2n) is 3.62. The molecule has 1 aromatic rings. The molecule has 1 atom stereocenters. The van der Waals surface area contributed by atoms with E-state index in [9.17, 15) is 22.0 Å². The fourth-order valence-corrected chi connectivity index (χ4v) is 1.29. The molecular formula is C11H12F5NO. The average molecular weight is 269 g/mol. The molecule has 1 aromatic carbocycles. The molecule has 0 saturated carbocycles. The minimum atomic E-state index is -4.57. The number of hydrogen-bond donors (Lipinski definition) is 1. The van der Waals surface area contributed by atoms with E-state index in [2.05, 4.69) is 4.74 Å². The largest absolute Gasteiger partial charge is 0.461 e. The number of benzene rings is 1. The second-order valence-corrected chi connectivity index (χ2v) is 3.62. The first-order valence-corrected chi connectivity index (χ1v) is 5.13. The third-order valence-electron chi connectivity index (χ3n) is 2.21. The van der Waals surface area contributed by atoms with Gasteiger partial charge in [0.25, 0.3) is 0 Å². The summed E-state index contributed by atoms with van der Waals surface area (Å²) < 4.78 is 65.1. The van der Waals surface area contributed by atoms with Crippen molar-refractivity contribution in [2.75, 3.05) is 6.67 Å². The van der Waals surface area contributed by atoms with Crippen molar-refractivity contribution in [2.45, 2.75) is 25.0 Å². The summed E-state index contributed by atoms with van der Waals surface area (Å²) in [6.45, 7) is -0.667. The summed E-state index contributed by atoms with van der Waals surface area (Å²) in [6.07, 6.45) is -8.49. The zero-order valence-corrected chi connectivity index (χ0v) is 9.25. The van der Waals surface area contributed by atoms with E-state index < -0.39 is 31.0 Å². The van der Waals surface area contributed by atoms with E-state index in [1.807, 2.05) is 0 Å². The Kier molecular flexibility index (Phi) is 4.89. The summed E-state index contributed by atoms with van der Waals surface area (Å²) >= 11 is 0. The van der Waals surface area contributed by atoms with Gasteiger partial charge in [0.1, 0.15) is 5.75 Å². The van der Waals surface area contributed by atoms with Crippen molar-refractivity contribution in [3.63, 3.8) is 0 Å². The van der Waals surface area contributed by atoms with Gasteiger partial charge in [-0.25, -0.2) is 0 Å². The molecule has 0 aliphatic rings. The molecule has 1 rings (SSSR count). The molecule has 0 aliphatic heterocycles. The average Bonchev–Trinajstić information content (AvgIpc) is 2.29. The van der Waals surface area contributed by atoms with Crippen LogP contribution in [-0.4, -0.2) is 19.2 Å². The standard InChI is InChI=1S/C11H12F5NO/c12-5-4-9(17)7-2-1-3-8(6-7)18-11(15,16)10(13)14/h1-3,6,9-10H,4-5,17H2/t9-/m0/s1. The van der Waals surface area contributed by atoms with Gasteiger partial charge in [0.05, 0.1) is 6.67 Å². The van der Waals surface area contributed by atoms with Crippen LogP contribution in [-0.2, 0) is 0 Å². The topological polar surface area (TPSA) is 35.2 Å². The number of ether oxygens (including phenoxy) is 1. The van der Waals surface area contributed by atoms with Crippen molar-refractivity contribution < 1.29 is 26.7 Å². The van der Waals surface area contributed by atoms with Gasteiger partial charge in [-0.3, -0.25) is 4.39 Å². The van der Waals surface area contributed by atoms with Gasteiger partial charge in [0.15, 0.2) is 0 Å². The fourth-order valence-electron chi connectivity index (χ4n) is 1.29. The Morgan fingerprint density at radius 3 is 2.50 bits per heavy atom. The first kappa shape index (κ1) is 14.7. The van der Waals surface area contributed by atoms with E-state index in [4.69, 9.17) is 5.73 Å². The Bertz CT molecular complexity index is 385. The predicted molar refractivity (Wildman–Crippen MR) is 55.5 cm³/mol. The van der Waals surface area contributed by atoms with Crippen LogP contribution in [0.1, 0.15) is 18.0 Å². The number of halogens is 5. The number of hydrogen-bond acceptors (Lipinski definition) is 2. The van der Waals surface area contributed by atoms with Gasteiger partial charge in [0, 0.05) is 6.04 Å². The first-order valence-electron chi connectivity index (χ1n) is 5.13. The maximum Gasteiger partial charge on any atom is 0.461 e. The van der Waals surface area contributed by atoms with Gasteiger partial charge in [-0.1, -0.05) is 12.1 Å². The molecule has 0 aliphatic carbocycles. The molecular weight excluding hydrogens is 257 g/mol. The van der Waals surface area contributed by atoms with E-state index >= 15 is 0 Å². The van der Waals surface area contributed by atoms with E-state index in [1.54, 1.807) is 0 Å². The lowest BCUT2D eigenvalue weighted by Crippen LogP contribution is -2.33. The van der Waals surface area contributed by atoms with Crippen LogP contribution in [0.2, 0.25) is 0 Å². The normalized spacial score (nSPS) is 13.7. The number of nitrogens with two attached hydrogens (primary N) is 1. The quantitative estimate of drug-likeness (QED) is 0.804. The first-order chi connectivity index (χ1) is 8.36. The van der Waals surface area contributed by atoms with Crippen LogP contribution in [0.15, 0.2) is 24.3 Å². The predicted octanol–water partition coefficient (Wildman–Crippen LogP) is 3.28. The molecule has 0 heterocycles. The van der Waals surface area contributed by atoms with E-state index in [1.165, 1.54) is 12.1 Å². The zero-order valence-electron chi connectivity index (χ0n) is 9.25. The van der Waals surface area contributed by atoms with Crippen LogP contribution in [0.4, 0.5) is 22.0 Å². The van der Waals surface area contributed by atoms with Crippen molar-refractivity contribution in [3.8, 4) is 5.75 Å². The molecule has 18 heavy (non-hydrogen) atoms. The second kappa shape index (κ2) is 5.99. The molecule has 2 N–H and O–H groups in total. The fraction of sp³-hybridized carbons (Fsp3) is 0.455. The molecule has 7 heteroatoms. The van der Waals surface area contributed by atoms with E-state index in [0.717, 1.165) is 12.1 Å². The lowest BCUT2D eigenvalue weighted by molar-refractivity contribution is -0.253. The molecule has 2 nitrogen and oxygen atoms in total. The lowest BCUT2D eigenvalue weighted by atomic mass is 10.1. The minimum Gasteiger partial charge on any atom is -0.428 e. The minimum absolute atomic E-state index is 0.00862. The van der Waals surface area contributed by atoms with Crippen molar-refractivity contribution in [2.24, 2.45) is 5.73 Å². The Labute approximate surface area is 101 Å². The van der Waals surface area contributed by atoms with Crippen LogP contribution in [0.5, 0.6) is 5.75 Å². The highest BCUT2D eigenvalue weighted by Gasteiger charge is 2.43. The van der Waals surface area contributed by atoms with Gasteiger partial charge in [-0.2, -0.15) is 17.6 Å². The van der Waals surface area contributed by atoms with Gasteiger partial charge in [-0.05, 0) is 24.1 Å². The lowest BCUT2D eigenvalue weighted by Gasteiger charge is -2.18. The van der Waals surface area contributed by atoms with Crippen LogP contribution in [0.25, 0.3) is 0 Å². The Hall–Kier alpha value is -1.37. The molecule has 102 valence electrons. The van der Waals surface area contributed by atoms with Gasteiger partial charge >= 0.3 is 12.5 Å². The van der Waals surface area contributed by atoms with Crippen molar-refractivity contribution >= 4 is 0 Å². The summed E-state index contributed by atoms with van der Waals surface area (Å²) in [4.78, 5) is 0. The molecule has 0 fully saturated rings. The van der Waals surface area contributed by atoms with Crippen LogP contribution in [0.3, 0.4) is 0 Å². The third kappa shape index (κ3) is 3.83. The van der Waals surface area contributed by atoms with E-state index in [0.29, 0.717) is 5.56 Å². The van der Waals surface area contributed by atoms with Crippen LogP contribution >= 0.6 is 0 Å². The Morgan fingerprint density at radius 1 is 1.28 bits per heavy atom. The monoisotopic (exact) mass is 269 g/mol. The van der Waals surface area contributed by atoms with Crippen LogP contribution < -0.4 is 10.5 Å². The molecule has 0 radical (unpaired) electrons. The van der Waals surface area contributed by atoms with Gasteiger partial charge in [0.2, 0.25) is 0 Å². The summed E-state index contributed by atoms with van der Waals surface area (Å²) in [5, 5.41) is 0. The van der Waals surface area contributed by atoms with E-state index in [-0.39, 0.29) is 6.42 Å². The Morgan fingerprint density at radius 2 is 1.94 bits per heavy atom. The van der Waals surface area contributed by atoms with Crippen LogP contribution in [0, 0.1) is 0 Å². The van der Waals surface area contributed by atoms with Gasteiger partial charge in [-0.15, -0.1) is 0 Å². The highest BCUT2D eigenvalue weighted by molar-refractivity contribution is 5.30. The molecule has 0 unspecified atom stereocenters. The molecule has 0 bridgehead atoms. The van der Waals surface area contributed by atoms with Crippen molar-refractivity contribution in [3.05, 3.63) is 29.8 Å². The smallest absolute Gasteiger partial charge is 0.428 e. The Balaban J connectivity index is 2.82. The summed E-state index contributed by atoms with van der Waals surface area (Å²) in [5.74, 6) is -0.438. The molecule has 0 aromatic heterocycles. The van der Waals surface area contributed by atoms with Crippen molar-refractivity contribution in [1.29, 1.82) is 0 Å². The van der Waals surface area contributed by atoms with Crippen molar-refractivity contribution in [1.82, 2.24) is 0 Å².